The van der Waals surface area contributed by atoms with Gasteiger partial charge < -0.3 is 10.1 Å². The number of hydrogen-bond acceptors (Lipinski definition) is 5. The summed E-state index contributed by atoms with van der Waals surface area (Å²) in [5.74, 6) is 0. The van der Waals surface area contributed by atoms with Crippen LogP contribution in [0.3, 0.4) is 0 Å². The Morgan fingerprint density at radius 3 is 2.46 bits per heavy atom. The number of rotatable bonds is 5. The number of carbonyl (C=O) groups is 1. The first-order valence-corrected chi connectivity index (χ1v) is 10.2. The summed E-state index contributed by atoms with van der Waals surface area (Å²) in [4.78, 5) is 14.3. The minimum atomic E-state index is -0.570. The van der Waals surface area contributed by atoms with Gasteiger partial charge in [0.2, 0.25) is 0 Å². The van der Waals surface area contributed by atoms with E-state index in [0.29, 0.717) is 5.56 Å². The Morgan fingerprint density at radius 2 is 1.88 bits per heavy atom. The maximum atomic E-state index is 12.3. The molecule has 0 fully saturated rings. The van der Waals surface area contributed by atoms with Crippen LogP contribution < -0.4 is 5.32 Å². The first-order chi connectivity index (χ1) is 12.3. The van der Waals surface area contributed by atoms with Crippen molar-refractivity contribution in [2.24, 2.45) is 0 Å². The van der Waals surface area contributed by atoms with Crippen molar-refractivity contribution in [2.45, 2.75) is 41.5 Å². The Bertz CT molecular complexity index is 796. The van der Waals surface area contributed by atoms with Crippen LogP contribution in [0, 0.1) is 11.3 Å². The number of nitriles is 1. The van der Waals surface area contributed by atoms with Crippen molar-refractivity contribution in [3.05, 3.63) is 59.7 Å². The molecule has 0 spiro atoms. The van der Waals surface area contributed by atoms with E-state index in [2.05, 4.69) is 11.4 Å². The number of hydrogen-bond donors (Lipinski definition) is 1. The van der Waals surface area contributed by atoms with Gasteiger partial charge in [0.1, 0.15) is 11.0 Å². The van der Waals surface area contributed by atoms with Crippen molar-refractivity contribution < 1.29 is 9.53 Å². The number of nitrogens with one attached hydrogen (secondary N) is 1. The number of amides is 1. The molecule has 1 amide bonds. The van der Waals surface area contributed by atoms with Crippen LogP contribution in [0.5, 0.6) is 0 Å². The lowest BCUT2D eigenvalue weighted by atomic mass is 10.1. The van der Waals surface area contributed by atoms with Gasteiger partial charge in [0.15, 0.2) is 0 Å². The average Bonchev–Trinajstić information content (AvgIpc) is 2.60. The molecule has 0 aromatic heterocycles. The Hall–Kier alpha value is -2.10. The molecular weight excluding hydrogens is 364 g/mol. The molecule has 4 nitrogen and oxygen atoms in total. The van der Waals surface area contributed by atoms with Gasteiger partial charge >= 0.3 is 6.09 Å². The van der Waals surface area contributed by atoms with E-state index in [1.165, 1.54) is 11.8 Å². The predicted molar refractivity (Wildman–Crippen MR) is 107 cm³/mol. The van der Waals surface area contributed by atoms with Gasteiger partial charge in [-0.3, -0.25) is 0 Å². The van der Waals surface area contributed by atoms with Gasteiger partial charge in [-0.25, -0.2) is 4.79 Å². The second-order valence-electron chi connectivity index (χ2n) is 6.53. The van der Waals surface area contributed by atoms with Gasteiger partial charge in [-0.2, -0.15) is 5.26 Å². The smallest absolute Gasteiger partial charge is 0.408 e. The fourth-order valence-corrected chi connectivity index (χ4v) is 4.03. The Morgan fingerprint density at radius 1 is 1.19 bits per heavy atom. The number of ether oxygens (including phenoxy) is 1. The van der Waals surface area contributed by atoms with Crippen LogP contribution in [0.1, 0.15) is 37.3 Å². The molecule has 6 heteroatoms. The summed E-state index contributed by atoms with van der Waals surface area (Å²) in [6.45, 7) is 5.50. The molecule has 0 aliphatic carbocycles. The van der Waals surface area contributed by atoms with Crippen LogP contribution in [0.25, 0.3) is 0 Å². The molecule has 1 atom stereocenters. The molecule has 0 heterocycles. The minimum Gasteiger partial charge on any atom is -0.444 e. The molecule has 0 radical (unpaired) electrons. The molecule has 2 rings (SSSR count). The highest BCUT2D eigenvalue weighted by atomic mass is 32.2. The largest absolute Gasteiger partial charge is 0.444 e. The lowest BCUT2D eigenvalue weighted by Crippen LogP contribution is -2.34. The molecule has 0 aliphatic heterocycles. The third-order valence-electron chi connectivity index (χ3n) is 3.29. The van der Waals surface area contributed by atoms with Crippen LogP contribution in [0.2, 0.25) is 0 Å². The fourth-order valence-electron chi connectivity index (χ4n) is 2.22. The Balaban J connectivity index is 2.34. The van der Waals surface area contributed by atoms with E-state index in [-0.39, 0.29) is 5.37 Å². The summed E-state index contributed by atoms with van der Waals surface area (Å²) in [7, 11) is 0. The van der Waals surface area contributed by atoms with Crippen molar-refractivity contribution >= 4 is 29.6 Å². The van der Waals surface area contributed by atoms with Gasteiger partial charge in [-0.15, -0.1) is 11.8 Å². The average molecular weight is 387 g/mol. The molecule has 0 aliphatic rings. The molecule has 0 saturated carbocycles. The van der Waals surface area contributed by atoms with E-state index < -0.39 is 11.7 Å². The molecule has 26 heavy (non-hydrogen) atoms. The predicted octanol–water partition coefficient (Wildman–Crippen LogP) is 5.60. The summed E-state index contributed by atoms with van der Waals surface area (Å²) in [5.41, 5.74) is 0.967. The summed E-state index contributed by atoms with van der Waals surface area (Å²) < 4.78 is 5.42. The highest BCUT2D eigenvalue weighted by Crippen LogP contribution is 2.38. The number of thioether (sulfide) groups is 2. The van der Waals surface area contributed by atoms with Gasteiger partial charge in [0.05, 0.1) is 11.6 Å². The standard InChI is InChI=1S/C20H22N2O2S2/c1-20(2,3)24-19(23)22-18(26-15-8-6-5-7-9-15)16-11-10-14(13-21)12-17(16)25-4/h5-12,18H,1-4H3,(H,22,23). The van der Waals surface area contributed by atoms with Gasteiger partial charge in [-0.1, -0.05) is 36.0 Å². The summed E-state index contributed by atoms with van der Waals surface area (Å²) >= 11 is 3.08. The van der Waals surface area contributed by atoms with Crippen molar-refractivity contribution in [1.82, 2.24) is 5.32 Å². The molecule has 1 N–H and O–H groups in total. The maximum absolute atomic E-state index is 12.3. The lowest BCUT2D eigenvalue weighted by Gasteiger charge is -2.24. The number of benzene rings is 2. The summed E-state index contributed by atoms with van der Waals surface area (Å²) in [5, 5.41) is 11.8. The van der Waals surface area contributed by atoms with E-state index in [0.717, 1.165) is 15.4 Å². The van der Waals surface area contributed by atoms with E-state index in [1.54, 1.807) is 17.8 Å². The molecule has 0 bridgehead atoms. The highest BCUT2D eigenvalue weighted by Gasteiger charge is 2.23. The third-order valence-corrected chi connectivity index (χ3v) is 5.24. The van der Waals surface area contributed by atoms with Crippen LogP contribution in [-0.4, -0.2) is 18.0 Å². The zero-order valence-electron chi connectivity index (χ0n) is 15.3. The zero-order valence-corrected chi connectivity index (χ0v) is 16.9. The summed E-state index contributed by atoms with van der Waals surface area (Å²) in [6, 6.07) is 17.5. The lowest BCUT2D eigenvalue weighted by molar-refractivity contribution is 0.0521. The number of nitrogens with zero attached hydrogens (tertiary/aromatic N) is 1. The molecular formula is C20H22N2O2S2. The van der Waals surface area contributed by atoms with Crippen LogP contribution >= 0.6 is 23.5 Å². The van der Waals surface area contributed by atoms with Crippen molar-refractivity contribution in [2.75, 3.05) is 6.26 Å². The second kappa shape index (κ2) is 9.02. The quantitative estimate of drug-likeness (QED) is 0.536. The minimum absolute atomic E-state index is 0.331. The van der Waals surface area contributed by atoms with Crippen LogP contribution in [0.15, 0.2) is 58.3 Å². The van der Waals surface area contributed by atoms with Gasteiger partial charge in [-0.05, 0) is 56.9 Å². The molecule has 1 unspecified atom stereocenters. The topological polar surface area (TPSA) is 62.1 Å². The monoisotopic (exact) mass is 386 g/mol. The Kier molecular flexibility index (Phi) is 7.01. The number of alkyl carbamates (subject to hydrolysis) is 1. The molecule has 2 aromatic carbocycles. The first kappa shape index (κ1) is 20.2. The van der Waals surface area contributed by atoms with E-state index >= 15 is 0 Å². The van der Waals surface area contributed by atoms with Crippen LogP contribution in [0.4, 0.5) is 4.79 Å². The van der Waals surface area contributed by atoms with E-state index in [9.17, 15) is 4.79 Å². The van der Waals surface area contributed by atoms with Gasteiger partial charge in [0, 0.05) is 9.79 Å². The van der Waals surface area contributed by atoms with E-state index in [1.807, 2.05) is 69.5 Å². The fraction of sp³-hybridized carbons (Fsp3) is 0.300. The van der Waals surface area contributed by atoms with Gasteiger partial charge in [0.25, 0.3) is 0 Å². The Labute approximate surface area is 163 Å². The normalized spacial score (nSPS) is 12.1. The maximum Gasteiger partial charge on any atom is 0.408 e. The van der Waals surface area contributed by atoms with E-state index in [4.69, 9.17) is 10.00 Å². The number of carbonyl (C=O) groups excluding carboxylic acids is 1. The van der Waals surface area contributed by atoms with Crippen LogP contribution in [-0.2, 0) is 4.74 Å². The molecule has 0 saturated heterocycles. The van der Waals surface area contributed by atoms with Crippen molar-refractivity contribution in [1.29, 1.82) is 5.26 Å². The second-order valence-corrected chi connectivity index (χ2v) is 8.55. The highest BCUT2D eigenvalue weighted by molar-refractivity contribution is 8.00. The van der Waals surface area contributed by atoms with Crippen molar-refractivity contribution in [3.63, 3.8) is 0 Å². The first-order valence-electron chi connectivity index (χ1n) is 8.11. The third kappa shape index (κ3) is 6.01. The van der Waals surface area contributed by atoms with Crippen molar-refractivity contribution in [3.8, 4) is 6.07 Å². The SMILES string of the molecule is CSc1cc(C#N)ccc1C(NC(=O)OC(C)(C)C)Sc1ccccc1. The summed E-state index contributed by atoms with van der Waals surface area (Å²) in [6.07, 6.45) is 1.49. The molecule has 136 valence electrons. The zero-order chi connectivity index (χ0) is 19.2. The molecule has 2 aromatic rings.